The molecule has 10 heavy (non-hydrogen) atoms. The van der Waals surface area contributed by atoms with Gasteiger partial charge in [-0.05, 0) is 12.8 Å². The zero-order valence-corrected chi connectivity index (χ0v) is 6.09. The maximum atomic E-state index is 12.5. The van der Waals surface area contributed by atoms with E-state index in [-0.39, 0.29) is 12.5 Å². The SMILES string of the molecule is COC1CCC(F)CC1O. The van der Waals surface area contributed by atoms with Gasteiger partial charge in [0, 0.05) is 13.5 Å². The highest BCUT2D eigenvalue weighted by Gasteiger charge is 2.28. The molecular formula is C7H13FO2. The van der Waals surface area contributed by atoms with Crippen molar-refractivity contribution in [3.63, 3.8) is 0 Å². The van der Waals surface area contributed by atoms with Crippen LogP contribution >= 0.6 is 0 Å². The Labute approximate surface area is 60.0 Å². The number of halogens is 1. The minimum Gasteiger partial charge on any atom is -0.390 e. The molecule has 2 nitrogen and oxygen atoms in total. The van der Waals surface area contributed by atoms with Gasteiger partial charge in [-0.25, -0.2) is 4.39 Å². The summed E-state index contributed by atoms with van der Waals surface area (Å²) in [6.07, 6.45) is -0.186. The standard InChI is InChI=1S/C7H13FO2/c1-10-7-3-2-5(8)4-6(7)9/h5-7,9H,2-4H2,1H3. The predicted octanol–water partition coefficient (Wildman–Crippen LogP) is 0.884. The molecule has 3 unspecified atom stereocenters. The first-order chi connectivity index (χ1) is 4.74. The van der Waals surface area contributed by atoms with Crippen molar-refractivity contribution in [3.05, 3.63) is 0 Å². The van der Waals surface area contributed by atoms with Gasteiger partial charge in [0.25, 0.3) is 0 Å². The summed E-state index contributed by atoms with van der Waals surface area (Å²) in [5.74, 6) is 0. The molecule has 0 aliphatic heterocycles. The Morgan fingerprint density at radius 3 is 2.70 bits per heavy atom. The first-order valence-corrected chi connectivity index (χ1v) is 3.59. The zero-order chi connectivity index (χ0) is 7.56. The molecule has 0 amide bonds. The molecule has 1 aliphatic carbocycles. The van der Waals surface area contributed by atoms with Gasteiger partial charge in [0.15, 0.2) is 0 Å². The van der Waals surface area contributed by atoms with Crippen molar-refractivity contribution in [3.8, 4) is 0 Å². The molecular weight excluding hydrogens is 135 g/mol. The topological polar surface area (TPSA) is 29.5 Å². The first kappa shape index (κ1) is 7.95. The minimum atomic E-state index is -0.832. The second-order valence-electron chi connectivity index (χ2n) is 2.75. The molecule has 0 spiro atoms. The van der Waals surface area contributed by atoms with E-state index >= 15 is 0 Å². The number of methoxy groups -OCH3 is 1. The lowest BCUT2D eigenvalue weighted by Gasteiger charge is -2.28. The Balaban J connectivity index is 2.36. The third-order valence-corrected chi connectivity index (χ3v) is 1.99. The molecule has 3 atom stereocenters. The average Bonchev–Trinajstić information content (AvgIpc) is 1.88. The summed E-state index contributed by atoms with van der Waals surface area (Å²) in [4.78, 5) is 0. The molecule has 60 valence electrons. The van der Waals surface area contributed by atoms with E-state index in [1.54, 1.807) is 7.11 Å². The Hall–Kier alpha value is -0.150. The lowest BCUT2D eigenvalue weighted by atomic mass is 9.93. The molecule has 0 heterocycles. The molecule has 0 aromatic heterocycles. The third kappa shape index (κ3) is 1.67. The molecule has 1 rings (SSSR count). The summed E-state index contributed by atoms with van der Waals surface area (Å²) < 4.78 is 17.5. The Kier molecular flexibility index (Phi) is 2.63. The number of alkyl halides is 1. The number of rotatable bonds is 1. The van der Waals surface area contributed by atoms with Gasteiger partial charge in [0.2, 0.25) is 0 Å². The highest BCUT2D eigenvalue weighted by molar-refractivity contribution is 4.79. The quantitative estimate of drug-likeness (QED) is 0.598. The van der Waals surface area contributed by atoms with E-state index in [0.29, 0.717) is 12.8 Å². The van der Waals surface area contributed by atoms with Crippen molar-refractivity contribution < 1.29 is 14.2 Å². The van der Waals surface area contributed by atoms with Crippen LogP contribution in [0.15, 0.2) is 0 Å². The van der Waals surface area contributed by atoms with E-state index in [9.17, 15) is 9.50 Å². The minimum absolute atomic E-state index is 0.146. The molecule has 0 aromatic carbocycles. The summed E-state index contributed by atoms with van der Waals surface area (Å²) in [5.41, 5.74) is 0. The number of ether oxygens (including phenoxy) is 1. The van der Waals surface area contributed by atoms with E-state index < -0.39 is 12.3 Å². The van der Waals surface area contributed by atoms with Gasteiger partial charge < -0.3 is 9.84 Å². The fourth-order valence-electron chi connectivity index (χ4n) is 1.34. The van der Waals surface area contributed by atoms with Crippen LogP contribution in [-0.2, 0) is 4.74 Å². The summed E-state index contributed by atoms with van der Waals surface area (Å²) in [7, 11) is 1.55. The number of aliphatic hydroxyl groups excluding tert-OH is 1. The molecule has 0 radical (unpaired) electrons. The Bertz CT molecular complexity index is 108. The van der Waals surface area contributed by atoms with Gasteiger partial charge in [0.1, 0.15) is 6.17 Å². The third-order valence-electron chi connectivity index (χ3n) is 1.99. The van der Waals surface area contributed by atoms with E-state index in [2.05, 4.69) is 0 Å². The zero-order valence-electron chi connectivity index (χ0n) is 6.09. The summed E-state index contributed by atoms with van der Waals surface area (Å²) >= 11 is 0. The van der Waals surface area contributed by atoms with Gasteiger partial charge in [0.05, 0.1) is 12.2 Å². The van der Waals surface area contributed by atoms with Crippen LogP contribution in [-0.4, -0.2) is 30.6 Å². The van der Waals surface area contributed by atoms with E-state index in [0.717, 1.165) is 0 Å². The molecule has 1 saturated carbocycles. The smallest absolute Gasteiger partial charge is 0.103 e. The molecule has 1 fully saturated rings. The molecule has 3 heteroatoms. The molecule has 0 saturated heterocycles. The molecule has 0 aromatic rings. The van der Waals surface area contributed by atoms with Crippen LogP contribution in [0.3, 0.4) is 0 Å². The number of aliphatic hydroxyl groups is 1. The van der Waals surface area contributed by atoms with Gasteiger partial charge in [-0.3, -0.25) is 0 Å². The lowest BCUT2D eigenvalue weighted by molar-refractivity contribution is -0.0540. The van der Waals surface area contributed by atoms with Gasteiger partial charge >= 0.3 is 0 Å². The van der Waals surface area contributed by atoms with Gasteiger partial charge in [-0.2, -0.15) is 0 Å². The number of hydrogen-bond donors (Lipinski definition) is 1. The lowest BCUT2D eigenvalue weighted by Crippen LogP contribution is -2.35. The van der Waals surface area contributed by atoms with Gasteiger partial charge in [-0.1, -0.05) is 0 Å². The van der Waals surface area contributed by atoms with Crippen LogP contribution in [0, 0.1) is 0 Å². The normalized spacial score (nSPS) is 41.7. The largest absolute Gasteiger partial charge is 0.390 e. The van der Waals surface area contributed by atoms with Crippen molar-refractivity contribution in [2.75, 3.05) is 7.11 Å². The maximum Gasteiger partial charge on any atom is 0.103 e. The average molecular weight is 148 g/mol. The van der Waals surface area contributed by atoms with E-state index in [1.807, 2.05) is 0 Å². The maximum absolute atomic E-state index is 12.5. The van der Waals surface area contributed by atoms with E-state index in [4.69, 9.17) is 4.74 Å². The van der Waals surface area contributed by atoms with Crippen LogP contribution in [0.25, 0.3) is 0 Å². The van der Waals surface area contributed by atoms with Crippen LogP contribution in [0.4, 0.5) is 4.39 Å². The van der Waals surface area contributed by atoms with Gasteiger partial charge in [-0.15, -0.1) is 0 Å². The highest BCUT2D eigenvalue weighted by Crippen LogP contribution is 2.23. The predicted molar refractivity (Wildman–Crippen MR) is 35.6 cm³/mol. The van der Waals surface area contributed by atoms with Crippen LogP contribution in [0.5, 0.6) is 0 Å². The van der Waals surface area contributed by atoms with Crippen molar-refractivity contribution in [1.29, 1.82) is 0 Å². The Morgan fingerprint density at radius 1 is 1.50 bits per heavy atom. The fourth-order valence-corrected chi connectivity index (χ4v) is 1.34. The second kappa shape index (κ2) is 3.30. The summed E-state index contributed by atoms with van der Waals surface area (Å²) in [6, 6.07) is 0. The first-order valence-electron chi connectivity index (χ1n) is 3.59. The van der Waals surface area contributed by atoms with Crippen LogP contribution < -0.4 is 0 Å². The van der Waals surface area contributed by atoms with Crippen molar-refractivity contribution in [2.24, 2.45) is 0 Å². The summed E-state index contributed by atoms with van der Waals surface area (Å²) in [5, 5.41) is 9.17. The highest BCUT2D eigenvalue weighted by atomic mass is 19.1. The fraction of sp³-hybridized carbons (Fsp3) is 1.00. The van der Waals surface area contributed by atoms with Crippen molar-refractivity contribution >= 4 is 0 Å². The van der Waals surface area contributed by atoms with Crippen molar-refractivity contribution in [1.82, 2.24) is 0 Å². The Morgan fingerprint density at radius 2 is 2.20 bits per heavy atom. The molecule has 0 bridgehead atoms. The second-order valence-corrected chi connectivity index (χ2v) is 2.75. The molecule has 1 N–H and O–H groups in total. The van der Waals surface area contributed by atoms with Crippen LogP contribution in [0.2, 0.25) is 0 Å². The molecule has 1 aliphatic rings. The monoisotopic (exact) mass is 148 g/mol. The number of hydrogen-bond acceptors (Lipinski definition) is 2. The van der Waals surface area contributed by atoms with Crippen molar-refractivity contribution in [2.45, 2.75) is 37.6 Å². The van der Waals surface area contributed by atoms with E-state index in [1.165, 1.54) is 0 Å². The van der Waals surface area contributed by atoms with Crippen LogP contribution in [0.1, 0.15) is 19.3 Å². The summed E-state index contributed by atoms with van der Waals surface area (Å²) in [6.45, 7) is 0.